The van der Waals surface area contributed by atoms with Gasteiger partial charge in [0.2, 0.25) is 0 Å². The molecule has 4 N–H and O–H groups in total. The number of hydrogen-bond acceptors (Lipinski definition) is 3. The highest BCUT2D eigenvalue weighted by molar-refractivity contribution is 7.55. The molecule has 2 atom stereocenters. The van der Waals surface area contributed by atoms with Crippen LogP contribution in [0, 0.1) is 5.92 Å². The molecule has 1 saturated heterocycles. The molecule has 0 aliphatic carbocycles. The molecule has 2 unspecified atom stereocenters. The molecular weight excluding hydrogens is 233 g/mol. The quantitative estimate of drug-likeness (QED) is 0.529. The van der Waals surface area contributed by atoms with Gasteiger partial charge < -0.3 is 20.2 Å². The summed E-state index contributed by atoms with van der Waals surface area (Å²) < 4.78 is 10.5. The van der Waals surface area contributed by atoms with Crippen LogP contribution in [0.5, 0.6) is 0 Å². The summed E-state index contributed by atoms with van der Waals surface area (Å²) in [7, 11) is -4.07. The Bertz CT molecular complexity index is 324. The van der Waals surface area contributed by atoms with E-state index in [1.165, 1.54) is 6.08 Å². The number of nitrogens with one attached hydrogen (secondary N) is 1. The van der Waals surface area contributed by atoms with E-state index >= 15 is 0 Å². The first-order valence-electron chi connectivity index (χ1n) is 5.09. The summed E-state index contributed by atoms with van der Waals surface area (Å²) >= 11 is 0. The van der Waals surface area contributed by atoms with Crippen LogP contribution >= 0.6 is 7.60 Å². The van der Waals surface area contributed by atoms with Gasteiger partial charge in [0.05, 0.1) is 0 Å². The van der Waals surface area contributed by atoms with E-state index in [-0.39, 0.29) is 5.92 Å². The predicted molar refractivity (Wildman–Crippen MR) is 58.0 cm³/mol. The Morgan fingerprint density at radius 2 is 2.19 bits per heavy atom. The van der Waals surface area contributed by atoms with Crippen LogP contribution in [-0.2, 0) is 9.36 Å². The average molecular weight is 249 g/mol. The lowest BCUT2D eigenvalue weighted by Gasteiger charge is -2.13. The van der Waals surface area contributed by atoms with E-state index in [1.54, 1.807) is 0 Å². The highest BCUT2D eigenvalue weighted by Crippen LogP contribution is 2.36. The number of aliphatic carboxylic acids is 1. The number of carboxylic acids is 1. The molecule has 0 saturated carbocycles. The lowest BCUT2D eigenvalue weighted by molar-refractivity contribution is -0.140. The minimum absolute atomic E-state index is 0.0407. The number of carboxylic acid groups (broad SMARTS) is 1. The number of rotatable bonds is 5. The van der Waals surface area contributed by atoms with Crippen molar-refractivity contribution in [3.05, 3.63) is 11.9 Å². The fraction of sp³-hybridized carbons (Fsp3) is 0.667. The van der Waals surface area contributed by atoms with Crippen molar-refractivity contribution in [3.63, 3.8) is 0 Å². The third-order valence-electron chi connectivity index (χ3n) is 2.62. The molecule has 92 valence electrons. The van der Waals surface area contributed by atoms with Crippen LogP contribution in [0.3, 0.4) is 0 Å². The van der Waals surface area contributed by atoms with Crippen molar-refractivity contribution >= 4 is 13.6 Å². The molecule has 1 aliphatic rings. The smallest absolute Gasteiger partial charge is 0.348 e. The minimum atomic E-state index is -4.07. The van der Waals surface area contributed by atoms with E-state index in [2.05, 4.69) is 5.32 Å². The molecule has 0 amide bonds. The van der Waals surface area contributed by atoms with Crippen molar-refractivity contribution in [3.8, 4) is 0 Å². The number of hydrogen-bond donors (Lipinski definition) is 4. The predicted octanol–water partition coefficient (Wildman–Crippen LogP) is 0.521. The maximum Gasteiger partial charge on any atom is 0.348 e. The second-order valence-corrected chi connectivity index (χ2v) is 5.35. The van der Waals surface area contributed by atoms with Crippen molar-refractivity contribution in [1.82, 2.24) is 5.32 Å². The Morgan fingerprint density at radius 1 is 1.50 bits per heavy atom. The first-order valence-corrected chi connectivity index (χ1v) is 6.77. The Hall–Kier alpha value is -0.680. The Balaban J connectivity index is 2.35. The van der Waals surface area contributed by atoms with Gasteiger partial charge in [-0.3, -0.25) is 9.36 Å². The Kier molecular flexibility index (Phi) is 4.68. The topological polar surface area (TPSA) is 107 Å². The van der Waals surface area contributed by atoms with Crippen molar-refractivity contribution < 1.29 is 24.3 Å². The van der Waals surface area contributed by atoms with Gasteiger partial charge in [0.1, 0.15) is 6.04 Å². The van der Waals surface area contributed by atoms with Crippen LogP contribution in [0.2, 0.25) is 0 Å². The fourth-order valence-electron chi connectivity index (χ4n) is 1.88. The van der Waals surface area contributed by atoms with E-state index in [0.29, 0.717) is 19.4 Å². The molecule has 7 heteroatoms. The summed E-state index contributed by atoms with van der Waals surface area (Å²) in [5, 5.41) is 11.8. The Morgan fingerprint density at radius 3 is 2.75 bits per heavy atom. The summed E-state index contributed by atoms with van der Waals surface area (Å²) in [6.45, 7) is 0.684. The van der Waals surface area contributed by atoms with E-state index in [9.17, 15) is 9.36 Å². The van der Waals surface area contributed by atoms with E-state index in [0.717, 1.165) is 12.2 Å². The van der Waals surface area contributed by atoms with Gasteiger partial charge in [-0.2, -0.15) is 0 Å². The zero-order valence-electron chi connectivity index (χ0n) is 8.74. The highest BCUT2D eigenvalue weighted by Gasteiger charge is 2.31. The van der Waals surface area contributed by atoms with Gasteiger partial charge in [-0.1, -0.05) is 6.08 Å². The van der Waals surface area contributed by atoms with Crippen LogP contribution in [0.1, 0.15) is 19.3 Å². The van der Waals surface area contributed by atoms with Crippen LogP contribution in [0.15, 0.2) is 11.9 Å². The monoisotopic (exact) mass is 249 g/mol. The van der Waals surface area contributed by atoms with Crippen molar-refractivity contribution in [2.45, 2.75) is 25.3 Å². The lowest BCUT2D eigenvalue weighted by Crippen LogP contribution is -2.35. The summed E-state index contributed by atoms with van der Waals surface area (Å²) in [6, 6.07) is -0.525. The molecule has 6 nitrogen and oxygen atoms in total. The molecule has 0 spiro atoms. The summed E-state index contributed by atoms with van der Waals surface area (Å²) in [5.41, 5.74) is 0. The SMILES string of the molecule is O=C(O)C1NCCC1CCC=CP(=O)(O)O. The maximum absolute atomic E-state index is 10.8. The van der Waals surface area contributed by atoms with Crippen LogP contribution in [-0.4, -0.2) is 33.4 Å². The first-order chi connectivity index (χ1) is 7.40. The number of carbonyl (C=O) groups is 1. The van der Waals surface area contributed by atoms with Gasteiger partial charge in [-0.25, -0.2) is 0 Å². The number of allylic oxidation sites excluding steroid dienone is 1. The maximum atomic E-state index is 10.8. The van der Waals surface area contributed by atoms with Crippen LogP contribution in [0.4, 0.5) is 0 Å². The lowest BCUT2D eigenvalue weighted by atomic mass is 9.95. The van der Waals surface area contributed by atoms with Crippen LogP contribution < -0.4 is 5.32 Å². The summed E-state index contributed by atoms with van der Waals surface area (Å²) in [4.78, 5) is 27.9. The van der Waals surface area contributed by atoms with Gasteiger partial charge in [0.15, 0.2) is 0 Å². The zero-order valence-corrected chi connectivity index (χ0v) is 9.64. The third kappa shape index (κ3) is 4.45. The normalized spacial score (nSPS) is 26.4. The third-order valence-corrected chi connectivity index (χ3v) is 3.22. The molecular formula is C9H16NO5P. The standard InChI is InChI=1S/C9H16NO5P/c11-9(12)8-7(4-5-10-8)3-1-2-6-16(13,14)15/h2,6-8,10H,1,3-5H2,(H,11,12)(H2,13,14,15). The Labute approximate surface area is 93.5 Å². The molecule has 0 aromatic rings. The summed E-state index contributed by atoms with van der Waals surface area (Å²) in [6.07, 6.45) is 3.32. The van der Waals surface area contributed by atoms with E-state index < -0.39 is 19.6 Å². The molecule has 1 aliphatic heterocycles. The van der Waals surface area contributed by atoms with Gasteiger partial charge in [-0.05, 0) is 31.7 Å². The zero-order chi connectivity index (χ0) is 12.2. The molecule has 16 heavy (non-hydrogen) atoms. The second kappa shape index (κ2) is 5.59. The van der Waals surface area contributed by atoms with Gasteiger partial charge in [-0.15, -0.1) is 0 Å². The van der Waals surface area contributed by atoms with E-state index in [4.69, 9.17) is 14.9 Å². The largest absolute Gasteiger partial charge is 0.480 e. The highest BCUT2D eigenvalue weighted by atomic mass is 31.2. The van der Waals surface area contributed by atoms with Gasteiger partial charge >= 0.3 is 13.6 Å². The van der Waals surface area contributed by atoms with E-state index in [1.807, 2.05) is 0 Å². The second-order valence-electron chi connectivity index (χ2n) is 3.87. The molecule has 0 aromatic heterocycles. The summed E-state index contributed by atoms with van der Waals surface area (Å²) in [5.74, 6) is 0.0471. The fourth-order valence-corrected chi connectivity index (χ4v) is 2.30. The van der Waals surface area contributed by atoms with Gasteiger partial charge in [0.25, 0.3) is 0 Å². The minimum Gasteiger partial charge on any atom is -0.480 e. The molecule has 1 rings (SSSR count). The average Bonchev–Trinajstić information content (AvgIpc) is 2.58. The molecule has 0 aromatic carbocycles. The van der Waals surface area contributed by atoms with Crippen molar-refractivity contribution in [1.29, 1.82) is 0 Å². The van der Waals surface area contributed by atoms with Gasteiger partial charge in [0, 0.05) is 5.82 Å². The molecule has 0 radical (unpaired) electrons. The van der Waals surface area contributed by atoms with Crippen molar-refractivity contribution in [2.75, 3.05) is 6.54 Å². The van der Waals surface area contributed by atoms with Crippen LogP contribution in [0.25, 0.3) is 0 Å². The molecule has 0 bridgehead atoms. The molecule has 1 heterocycles. The first kappa shape index (κ1) is 13.4. The molecule has 1 fully saturated rings. The van der Waals surface area contributed by atoms with Crippen molar-refractivity contribution in [2.24, 2.45) is 5.92 Å².